The lowest BCUT2D eigenvalue weighted by atomic mass is 10.2. The standard InChI is InChI=1S/C16H13BrN2O3S/c1-11-9-16(22-18-11)12-5-7-15(8-6-12)23(20,21)19-14-4-2-3-13(17)10-14/h2-10,19H,1H3. The second-order valence-electron chi connectivity index (χ2n) is 4.97. The predicted octanol–water partition coefficient (Wildman–Crippen LogP) is 4.21. The van der Waals surface area contributed by atoms with Crippen molar-refractivity contribution in [1.29, 1.82) is 0 Å². The van der Waals surface area contributed by atoms with Crippen LogP contribution in [-0.2, 0) is 10.0 Å². The maximum Gasteiger partial charge on any atom is 0.261 e. The van der Waals surface area contributed by atoms with Crippen LogP contribution in [0.4, 0.5) is 5.69 Å². The summed E-state index contributed by atoms with van der Waals surface area (Å²) in [4.78, 5) is 0.178. The summed E-state index contributed by atoms with van der Waals surface area (Å²) in [6.07, 6.45) is 0. The second-order valence-corrected chi connectivity index (χ2v) is 7.57. The zero-order valence-electron chi connectivity index (χ0n) is 12.2. The maximum atomic E-state index is 12.4. The summed E-state index contributed by atoms with van der Waals surface area (Å²) in [5.41, 5.74) is 2.04. The van der Waals surface area contributed by atoms with E-state index in [1.165, 1.54) is 12.1 Å². The molecule has 0 unspecified atom stereocenters. The molecule has 0 fully saturated rings. The highest BCUT2D eigenvalue weighted by Gasteiger charge is 2.15. The summed E-state index contributed by atoms with van der Waals surface area (Å²) in [6, 6.07) is 15.2. The van der Waals surface area contributed by atoms with Crippen molar-refractivity contribution in [1.82, 2.24) is 5.16 Å². The molecule has 0 aliphatic rings. The van der Waals surface area contributed by atoms with Crippen molar-refractivity contribution in [3.05, 3.63) is 64.8 Å². The van der Waals surface area contributed by atoms with E-state index in [1.807, 2.05) is 13.0 Å². The van der Waals surface area contributed by atoms with Crippen molar-refractivity contribution in [2.75, 3.05) is 4.72 Å². The molecule has 118 valence electrons. The van der Waals surface area contributed by atoms with Gasteiger partial charge in [0.05, 0.1) is 10.6 Å². The lowest BCUT2D eigenvalue weighted by Gasteiger charge is -2.08. The third-order valence-corrected chi connectivity index (χ3v) is 5.04. The quantitative estimate of drug-likeness (QED) is 0.721. The zero-order chi connectivity index (χ0) is 16.4. The summed E-state index contributed by atoms with van der Waals surface area (Å²) in [5.74, 6) is 0.603. The predicted molar refractivity (Wildman–Crippen MR) is 91.6 cm³/mol. The Morgan fingerprint density at radius 1 is 1.09 bits per heavy atom. The molecule has 2 aromatic carbocycles. The van der Waals surface area contributed by atoms with Gasteiger partial charge < -0.3 is 4.52 Å². The first-order chi connectivity index (χ1) is 10.9. The Morgan fingerprint density at radius 3 is 2.43 bits per heavy atom. The number of anilines is 1. The summed E-state index contributed by atoms with van der Waals surface area (Å²) in [5, 5.41) is 3.82. The fraction of sp³-hybridized carbons (Fsp3) is 0.0625. The first-order valence-corrected chi connectivity index (χ1v) is 9.04. The smallest absolute Gasteiger partial charge is 0.261 e. The van der Waals surface area contributed by atoms with Crippen LogP contribution in [-0.4, -0.2) is 13.6 Å². The van der Waals surface area contributed by atoms with Crippen molar-refractivity contribution in [2.24, 2.45) is 0 Å². The van der Waals surface area contributed by atoms with Crippen LogP contribution < -0.4 is 4.72 Å². The van der Waals surface area contributed by atoms with E-state index in [-0.39, 0.29) is 4.90 Å². The van der Waals surface area contributed by atoms with Crippen LogP contribution in [0.1, 0.15) is 5.69 Å². The lowest BCUT2D eigenvalue weighted by Crippen LogP contribution is -2.12. The van der Waals surface area contributed by atoms with E-state index in [9.17, 15) is 8.42 Å². The first kappa shape index (κ1) is 15.8. The van der Waals surface area contributed by atoms with Gasteiger partial charge in [-0.1, -0.05) is 27.2 Å². The molecule has 0 radical (unpaired) electrons. The Labute approximate surface area is 142 Å². The van der Waals surface area contributed by atoms with Crippen LogP contribution in [0.15, 0.2) is 68.5 Å². The number of aromatic nitrogens is 1. The number of rotatable bonds is 4. The average Bonchev–Trinajstić information content (AvgIpc) is 2.93. The van der Waals surface area contributed by atoms with Crippen molar-refractivity contribution in [3.63, 3.8) is 0 Å². The molecular weight excluding hydrogens is 380 g/mol. The SMILES string of the molecule is Cc1cc(-c2ccc(S(=O)(=O)Nc3cccc(Br)c3)cc2)on1. The lowest BCUT2D eigenvalue weighted by molar-refractivity contribution is 0.427. The topological polar surface area (TPSA) is 72.2 Å². The van der Waals surface area contributed by atoms with E-state index in [0.717, 1.165) is 15.7 Å². The van der Waals surface area contributed by atoms with E-state index in [1.54, 1.807) is 36.4 Å². The Balaban J connectivity index is 1.86. The number of benzene rings is 2. The van der Waals surface area contributed by atoms with Crippen LogP contribution in [0.2, 0.25) is 0 Å². The number of nitrogens with one attached hydrogen (secondary N) is 1. The molecule has 3 aromatic rings. The van der Waals surface area contributed by atoms with Crippen molar-refractivity contribution >= 4 is 31.6 Å². The summed E-state index contributed by atoms with van der Waals surface area (Å²) in [7, 11) is -3.64. The molecule has 0 aliphatic carbocycles. The fourth-order valence-electron chi connectivity index (χ4n) is 2.06. The van der Waals surface area contributed by atoms with Crippen LogP contribution in [0, 0.1) is 6.92 Å². The number of nitrogens with zero attached hydrogens (tertiary/aromatic N) is 1. The molecule has 0 saturated carbocycles. The Morgan fingerprint density at radius 2 is 1.83 bits per heavy atom. The van der Waals surface area contributed by atoms with Gasteiger partial charge in [-0.15, -0.1) is 0 Å². The normalized spacial score (nSPS) is 11.4. The Hall–Kier alpha value is -2.12. The van der Waals surface area contributed by atoms with Crippen LogP contribution in [0.25, 0.3) is 11.3 Å². The van der Waals surface area contributed by atoms with Gasteiger partial charge in [0.25, 0.3) is 10.0 Å². The highest BCUT2D eigenvalue weighted by molar-refractivity contribution is 9.10. The number of halogens is 1. The zero-order valence-corrected chi connectivity index (χ0v) is 14.6. The van der Waals surface area contributed by atoms with Crippen LogP contribution in [0.3, 0.4) is 0 Å². The Kier molecular flexibility index (Phi) is 4.23. The molecule has 0 spiro atoms. The monoisotopic (exact) mass is 392 g/mol. The van der Waals surface area contributed by atoms with Gasteiger partial charge in [0.1, 0.15) is 0 Å². The largest absolute Gasteiger partial charge is 0.356 e. The second kappa shape index (κ2) is 6.17. The number of hydrogen-bond acceptors (Lipinski definition) is 4. The molecule has 0 amide bonds. The molecule has 0 bridgehead atoms. The van der Waals surface area contributed by atoms with Crippen LogP contribution >= 0.6 is 15.9 Å². The molecule has 0 saturated heterocycles. The maximum absolute atomic E-state index is 12.4. The minimum absolute atomic E-state index is 0.178. The molecule has 5 nitrogen and oxygen atoms in total. The third-order valence-electron chi connectivity index (χ3n) is 3.15. The Bertz CT molecular complexity index is 934. The molecule has 23 heavy (non-hydrogen) atoms. The van der Waals surface area contributed by atoms with Gasteiger partial charge in [0, 0.05) is 21.8 Å². The highest BCUT2D eigenvalue weighted by Crippen LogP contribution is 2.24. The van der Waals surface area contributed by atoms with Gasteiger partial charge in [-0.05, 0) is 49.4 Å². The first-order valence-electron chi connectivity index (χ1n) is 6.76. The van der Waals surface area contributed by atoms with E-state index in [2.05, 4.69) is 25.8 Å². The van der Waals surface area contributed by atoms with Gasteiger partial charge in [0.15, 0.2) is 5.76 Å². The summed E-state index contributed by atoms with van der Waals surface area (Å²) in [6.45, 7) is 1.83. The molecule has 1 aromatic heterocycles. The van der Waals surface area contributed by atoms with Gasteiger partial charge >= 0.3 is 0 Å². The highest BCUT2D eigenvalue weighted by atomic mass is 79.9. The average molecular weight is 393 g/mol. The molecule has 7 heteroatoms. The van der Waals surface area contributed by atoms with E-state index >= 15 is 0 Å². The summed E-state index contributed by atoms with van der Waals surface area (Å²) >= 11 is 3.31. The minimum Gasteiger partial charge on any atom is -0.356 e. The minimum atomic E-state index is -3.64. The number of hydrogen-bond donors (Lipinski definition) is 1. The summed E-state index contributed by atoms with van der Waals surface area (Å²) < 4.78 is 33.3. The molecule has 1 N–H and O–H groups in total. The van der Waals surface area contributed by atoms with Crippen LogP contribution in [0.5, 0.6) is 0 Å². The fourth-order valence-corrected chi connectivity index (χ4v) is 3.51. The molecule has 3 rings (SSSR count). The number of aryl methyl sites for hydroxylation is 1. The van der Waals surface area contributed by atoms with Gasteiger partial charge in [-0.3, -0.25) is 4.72 Å². The molecular formula is C16H13BrN2O3S. The van der Waals surface area contributed by atoms with Gasteiger partial charge in [0.2, 0.25) is 0 Å². The number of sulfonamides is 1. The van der Waals surface area contributed by atoms with Crippen molar-refractivity contribution < 1.29 is 12.9 Å². The molecule has 0 atom stereocenters. The van der Waals surface area contributed by atoms with E-state index in [4.69, 9.17) is 4.52 Å². The third kappa shape index (κ3) is 3.62. The van der Waals surface area contributed by atoms with Gasteiger partial charge in [-0.2, -0.15) is 0 Å². The molecule has 0 aliphatic heterocycles. The van der Waals surface area contributed by atoms with Gasteiger partial charge in [-0.25, -0.2) is 8.42 Å². The van der Waals surface area contributed by atoms with Crippen molar-refractivity contribution in [2.45, 2.75) is 11.8 Å². The van der Waals surface area contributed by atoms with E-state index < -0.39 is 10.0 Å². The van der Waals surface area contributed by atoms with Crippen molar-refractivity contribution in [3.8, 4) is 11.3 Å². The molecule has 1 heterocycles. The van der Waals surface area contributed by atoms with E-state index in [0.29, 0.717) is 11.4 Å².